The molecule has 0 aliphatic heterocycles. The second-order valence-electron chi connectivity index (χ2n) is 5.64. The molecule has 2 aromatic rings. The lowest BCUT2D eigenvalue weighted by atomic mass is 10.2. The van der Waals surface area contributed by atoms with E-state index in [1.165, 1.54) is 0 Å². The summed E-state index contributed by atoms with van der Waals surface area (Å²) < 4.78 is 17.8. The van der Waals surface area contributed by atoms with E-state index in [1.54, 1.807) is 54.6 Å². The predicted octanol–water partition coefficient (Wildman–Crippen LogP) is 3.36. The van der Waals surface area contributed by atoms with Gasteiger partial charge in [-0.2, -0.15) is 0 Å². The van der Waals surface area contributed by atoms with Gasteiger partial charge in [-0.05, 0) is 11.1 Å². The SMILES string of the molecule is O=C(O)CCP(=O)(O)[C@@H](NC(=O)OCc1ccccc1)c1ccccc1. The number of carboxylic acids is 1. The van der Waals surface area contributed by atoms with Crippen LogP contribution in [0, 0.1) is 0 Å². The normalized spacial score (nSPS) is 14.0. The van der Waals surface area contributed by atoms with Crippen molar-refractivity contribution < 1.29 is 28.9 Å². The van der Waals surface area contributed by atoms with Gasteiger partial charge in [0.25, 0.3) is 0 Å². The van der Waals surface area contributed by atoms with Crippen LogP contribution in [0.5, 0.6) is 0 Å². The number of benzene rings is 2. The Labute approximate surface area is 151 Å². The maximum absolute atomic E-state index is 12.7. The van der Waals surface area contributed by atoms with Gasteiger partial charge in [0, 0.05) is 6.16 Å². The summed E-state index contributed by atoms with van der Waals surface area (Å²) in [5.41, 5.74) is 1.18. The summed E-state index contributed by atoms with van der Waals surface area (Å²) in [7, 11) is -4.02. The van der Waals surface area contributed by atoms with Gasteiger partial charge in [-0.25, -0.2) is 4.79 Å². The molecule has 0 aromatic heterocycles. The van der Waals surface area contributed by atoms with E-state index in [4.69, 9.17) is 9.84 Å². The van der Waals surface area contributed by atoms with Crippen molar-refractivity contribution in [3.63, 3.8) is 0 Å². The quantitative estimate of drug-likeness (QED) is 0.608. The molecule has 2 atom stereocenters. The molecule has 0 spiro atoms. The molecular weight excluding hydrogens is 357 g/mol. The van der Waals surface area contributed by atoms with Gasteiger partial charge in [0.1, 0.15) is 12.4 Å². The Morgan fingerprint density at radius 1 is 1.04 bits per heavy atom. The zero-order valence-electron chi connectivity index (χ0n) is 13.9. The number of nitrogens with one attached hydrogen (secondary N) is 1. The predicted molar refractivity (Wildman–Crippen MR) is 95.9 cm³/mol. The van der Waals surface area contributed by atoms with Crippen LogP contribution in [0.2, 0.25) is 0 Å². The molecule has 0 heterocycles. The summed E-state index contributed by atoms with van der Waals surface area (Å²) >= 11 is 0. The average molecular weight is 377 g/mol. The third kappa shape index (κ3) is 6.02. The molecule has 0 bridgehead atoms. The van der Waals surface area contributed by atoms with Gasteiger partial charge in [-0.15, -0.1) is 0 Å². The summed E-state index contributed by atoms with van der Waals surface area (Å²) in [5.74, 6) is -2.43. The minimum atomic E-state index is -4.02. The summed E-state index contributed by atoms with van der Waals surface area (Å²) in [6.07, 6.45) is -1.79. The second-order valence-corrected chi connectivity index (χ2v) is 8.12. The van der Waals surface area contributed by atoms with Crippen LogP contribution in [-0.4, -0.2) is 28.2 Å². The van der Waals surface area contributed by atoms with Crippen molar-refractivity contribution >= 4 is 19.4 Å². The van der Waals surface area contributed by atoms with Crippen LogP contribution in [-0.2, 0) is 20.7 Å². The maximum Gasteiger partial charge on any atom is 0.408 e. The Morgan fingerprint density at radius 3 is 2.19 bits per heavy atom. The highest BCUT2D eigenvalue weighted by atomic mass is 31.2. The Hall–Kier alpha value is -2.63. The van der Waals surface area contributed by atoms with E-state index in [0.29, 0.717) is 5.56 Å². The fourth-order valence-electron chi connectivity index (χ4n) is 2.31. The van der Waals surface area contributed by atoms with Crippen molar-refractivity contribution in [3.05, 3.63) is 71.8 Å². The first-order valence-electron chi connectivity index (χ1n) is 7.94. The van der Waals surface area contributed by atoms with Crippen LogP contribution in [0.3, 0.4) is 0 Å². The zero-order chi connectivity index (χ0) is 19.0. The van der Waals surface area contributed by atoms with Crippen LogP contribution in [0.4, 0.5) is 4.79 Å². The molecule has 0 aliphatic carbocycles. The summed E-state index contributed by atoms with van der Waals surface area (Å²) in [5, 5.41) is 11.2. The molecule has 3 N–H and O–H groups in total. The van der Waals surface area contributed by atoms with E-state index < -0.39 is 37.8 Å². The standard InChI is InChI=1S/C18H20NO6P/c20-16(21)11-12-26(23,24)17(15-9-5-2-6-10-15)19-18(22)25-13-14-7-3-1-4-8-14/h1-10,17H,11-13H2,(H,19,22)(H,20,21)(H,23,24)/t17-/m1/s1. The van der Waals surface area contributed by atoms with Crippen molar-refractivity contribution in [1.82, 2.24) is 5.32 Å². The third-order valence-electron chi connectivity index (χ3n) is 3.63. The fourth-order valence-corrected chi connectivity index (χ4v) is 4.03. The van der Waals surface area contributed by atoms with Crippen molar-refractivity contribution in [2.45, 2.75) is 18.8 Å². The van der Waals surface area contributed by atoms with Crippen molar-refractivity contribution in [1.29, 1.82) is 0 Å². The molecule has 7 nitrogen and oxygen atoms in total. The average Bonchev–Trinajstić information content (AvgIpc) is 2.64. The molecule has 2 aromatic carbocycles. The largest absolute Gasteiger partial charge is 0.481 e. The molecule has 2 rings (SSSR count). The third-order valence-corrected chi connectivity index (χ3v) is 5.73. The lowest BCUT2D eigenvalue weighted by Crippen LogP contribution is -2.30. The van der Waals surface area contributed by atoms with E-state index in [9.17, 15) is 19.0 Å². The van der Waals surface area contributed by atoms with E-state index >= 15 is 0 Å². The molecule has 1 amide bonds. The number of rotatable bonds is 8. The number of amides is 1. The van der Waals surface area contributed by atoms with Gasteiger partial charge < -0.3 is 20.1 Å². The lowest BCUT2D eigenvalue weighted by molar-refractivity contribution is -0.136. The van der Waals surface area contributed by atoms with Gasteiger partial charge >= 0.3 is 12.1 Å². The molecule has 0 fully saturated rings. The number of alkyl carbamates (subject to hydrolysis) is 1. The van der Waals surface area contributed by atoms with Crippen LogP contribution in [0.15, 0.2) is 60.7 Å². The Morgan fingerprint density at radius 2 is 1.62 bits per heavy atom. The lowest BCUT2D eigenvalue weighted by Gasteiger charge is -2.24. The number of hydrogen-bond acceptors (Lipinski definition) is 4. The summed E-state index contributed by atoms with van der Waals surface area (Å²) in [6, 6.07) is 17.2. The molecule has 1 unspecified atom stereocenters. The second kappa shape index (κ2) is 9.17. The van der Waals surface area contributed by atoms with Gasteiger partial charge in [-0.1, -0.05) is 60.7 Å². The Kier molecular flexibility index (Phi) is 6.95. The molecule has 138 valence electrons. The first-order valence-corrected chi connectivity index (χ1v) is 9.85. The van der Waals surface area contributed by atoms with Gasteiger partial charge in [0.2, 0.25) is 7.37 Å². The minimum absolute atomic E-state index is 0.0129. The highest BCUT2D eigenvalue weighted by Gasteiger charge is 2.34. The molecule has 26 heavy (non-hydrogen) atoms. The number of ether oxygens (including phenoxy) is 1. The van der Waals surface area contributed by atoms with E-state index in [2.05, 4.69) is 5.32 Å². The Balaban J connectivity index is 2.09. The van der Waals surface area contributed by atoms with Crippen LogP contribution in [0.25, 0.3) is 0 Å². The first kappa shape index (κ1) is 19.7. The molecular formula is C18H20NO6P. The van der Waals surface area contributed by atoms with Crippen LogP contribution < -0.4 is 5.32 Å². The van der Waals surface area contributed by atoms with Crippen molar-refractivity contribution in [2.75, 3.05) is 6.16 Å². The van der Waals surface area contributed by atoms with E-state index in [1.807, 2.05) is 6.07 Å². The van der Waals surface area contributed by atoms with E-state index in [0.717, 1.165) is 5.56 Å². The zero-order valence-corrected chi connectivity index (χ0v) is 14.8. The monoisotopic (exact) mass is 377 g/mol. The highest BCUT2D eigenvalue weighted by molar-refractivity contribution is 7.58. The number of carboxylic acid groups (broad SMARTS) is 1. The summed E-state index contributed by atoms with van der Waals surface area (Å²) in [6.45, 7) is 0.0129. The number of carbonyl (C=O) groups is 2. The molecule has 0 saturated carbocycles. The van der Waals surface area contributed by atoms with E-state index in [-0.39, 0.29) is 6.61 Å². The van der Waals surface area contributed by atoms with Crippen LogP contribution >= 0.6 is 7.37 Å². The first-order chi connectivity index (χ1) is 12.4. The summed E-state index contributed by atoms with van der Waals surface area (Å²) in [4.78, 5) is 33.2. The number of hydrogen-bond donors (Lipinski definition) is 3. The topological polar surface area (TPSA) is 113 Å². The Bertz CT molecular complexity index is 781. The van der Waals surface area contributed by atoms with Crippen LogP contribution in [0.1, 0.15) is 23.3 Å². The number of aliphatic carboxylic acids is 1. The highest BCUT2D eigenvalue weighted by Crippen LogP contribution is 2.54. The minimum Gasteiger partial charge on any atom is -0.481 e. The molecule has 0 saturated heterocycles. The van der Waals surface area contributed by atoms with Crippen molar-refractivity contribution in [3.8, 4) is 0 Å². The molecule has 0 radical (unpaired) electrons. The smallest absolute Gasteiger partial charge is 0.408 e. The fraction of sp³-hybridized carbons (Fsp3) is 0.222. The molecule has 0 aliphatic rings. The van der Waals surface area contributed by atoms with Gasteiger partial charge in [0.05, 0.1) is 6.42 Å². The van der Waals surface area contributed by atoms with Gasteiger partial charge in [0.15, 0.2) is 0 Å². The molecule has 8 heteroatoms. The maximum atomic E-state index is 12.7. The van der Waals surface area contributed by atoms with Gasteiger partial charge in [-0.3, -0.25) is 9.36 Å². The van der Waals surface area contributed by atoms with Crippen molar-refractivity contribution in [2.24, 2.45) is 0 Å². The number of carbonyl (C=O) groups excluding carboxylic acids is 1.